The molecule has 0 atom stereocenters. The Balaban J connectivity index is 2.16. The van der Waals surface area contributed by atoms with Crippen LogP contribution in [0.4, 0.5) is 5.13 Å². The lowest BCUT2D eigenvalue weighted by Crippen LogP contribution is -2.07. The number of carbonyl (C=O) groups excluding carboxylic acids is 1. The van der Waals surface area contributed by atoms with Crippen LogP contribution in [-0.4, -0.2) is 32.2 Å². The summed E-state index contributed by atoms with van der Waals surface area (Å²) in [5, 5.41) is 5.15. The minimum Gasteiger partial charge on any atom is -0.493 e. The van der Waals surface area contributed by atoms with Crippen LogP contribution in [0.15, 0.2) is 23.6 Å². The third kappa shape index (κ3) is 4.23. The predicted molar refractivity (Wildman–Crippen MR) is 90.6 cm³/mol. The van der Waals surface area contributed by atoms with Gasteiger partial charge in [0.15, 0.2) is 16.6 Å². The molecule has 0 spiro atoms. The molecule has 0 saturated heterocycles. The van der Waals surface area contributed by atoms with Gasteiger partial charge >= 0.3 is 0 Å². The van der Waals surface area contributed by atoms with E-state index in [0.717, 1.165) is 11.3 Å². The van der Waals surface area contributed by atoms with Gasteiger partial charge in [-0.2, -0.15) is 0 Å². The summed E-state index contributed by atoms with van der Waals surface area (Å²) in [5.74, 6) is 1.31. The number of hydrogen-bond acceptors (Lipinski definition) is 6. The fourth-order valence-corrected chi connectivity index (χ4v) is 2.62. The van der Waals surface area contributed by atoms with E-state index in [1.807, 2.05) is 12.3 Å². The molecule has 1 heterocycles. The van der Waals surface area contributed by atoms with Gasteiger partial charge in [0.05, 0.1) is 27.0 Å². The number of nitrogens with zero attached hydrogens (tertiary/aromatic N) is 1. The Bertz CT molecular complexity index is 700. The molecular weight excluding hydrogens is 316 g/mol. The highest BCUT2D eigenvalue weighted by Gasteiger charge is 2.12. The summed E-state index contributed by atoms with van der Waals surface area (Å²) in [6, 6.07) is 3.53. The lowest BCUT2D eigenvalue weighted by Gasteiger charge is -2.12. The molecule has 1 aromatic heterocycles. The molecule has 0 aliphatic heterocycles. The maximum Gasteiger partial charge on any atom is 0.250 e. The summed E-state index contributed by atoms with van der Waals surface area (Å²) in [7, 11) is 4.63. The van der Waals surface area contributed by atoms with Crippen molar-refractivity contribution in [1.29, 1.82) is 0 Å². The SMILES string of the molecule is COc1cc(/C=C/C(=O)Nc2nc(C)cs2)cc(OC)c1OC. The highest BCUT2D eigenvalue weighted by Crippen LogP contribution is 2.38. The normalized spacial score (nSPS) is 10.6. The highest BCUT2D eigenvalue weighted by molar-refractivity contribution is 7.13. The van der Waals surface area contributed by atoms with E-state index >= 15 is 0 Å². The number of ether oxygens (including phenoxy) is 3. The van der Waals surface area contributed by atoms with Crippen LogP contribution in [0.5, 0.6) is 17.2 Å². The fraction of sp³-hybridized carbons (Fsp3) is 0.250. The average Bonchev–Trinajstić information content (AvgIpc) is 2.96. The van der Waals surface area contributed by atoms with E-state index in [4.69, 9.17) is 14.2 Å². The topological polar surface area (TPSA) is 69.7 Å². The summed E-state index contributed by atoms with van der Waals surface area (Å²) in [6.07, 6.45) is 3.09. The number of methoxy groups -OCH3 is 3. The maximum atomic E-state index is 11.9. The van der Waals surface area contributed by atoms with Crippen LogP contribution in [0.3, 0.4) is 0 Å². The first kappa shape index (κ1) is 16.8. The van der Waals surface area contributed by atoms with Crippen molar-refractivity contribution in [2.75, 3.05) is 26.6 Å². The van der Waals surface area contributed by atoms with Gasteiger partial charge in [0, 0.05) is 11.5 Å². The number of hydrogen-bond donors (Lipinski definition) is 1. The Morgan fingerprint density at radius 2 is 1.83 bits per heavy atom. The number of carbonyl (C=O) groups is 1. The number of anilines is 1. The van der Waals surface area contributed by atoms with Crippen LogP contribution in [0.1, 0.15) is 11.3 Å². The number of aryl methyl sites for hydroxylation is 1. The third-order valence-corrected chi connectivity index (χ3v) is 3.84. The van der Waals surface area contributed by atoms with E-state index in [-0.39, 0.29) is 5.91 Å². The third-order valence-electron chi connectivity index (χ3n) is 2.96. The monoisotopic (exact) mass is 334 g/mol. The Morgan fingerprint density at radius 1 is 1.17 bits per heavy atom. The number of nitrogens with one attached hydrogen (secondary N) is 1. The van der Waals surface area contributed by atoms with Crippen molar-refractivity contribution in [2.45, 2.75) is 6.92 Å². The van der Waals surface area contributed by atoms with Crippen molar-refractivity contribution in [3.63, 3.8) is 0 Å². The Morgan fingerprint density at radius 3 is 2.30 bits per heavy atom. The van der Waals surface area contributed by atoms with Gasteiger partial charge in [0.2, 0.25) is 11.7 Å². The second-order valence-corrected chi connectivity index (χ2v) is 5.43. The van der Waals surface area contributed by atoms with Crippen LogP contribution in [0.25, 0.3) is 6.08 Å². The van der Waals surface area contributed by atoms with E-state index in [1.54, 1.807) is 39.5 Å². The zero-order valence-corrected chi connectivity index (χ0v) is 14.2. The van der Waals surface area contributed by atoms with Crippen LogP contribution in [0.2, 0.25) is 0 Å². The van der Waals surface area contributed by atoms with Gasteiger partial charge < -0.3 is 14.2 Å². The molecule has 0 fully saturated rings. The smallest absolute Gasteiger partial charge is 0.250 e. The second kappa shape index (κ2) is 7.64. The molecule has 23 heavy (non-hydrogen) atoms. The Hall–Kier alpha value is -2.54. The molecule has 0 unspecified atom stereocenters. The van der Waals surface area contributed by atoms with E-state index < -0.39 is 0 Å². The molecule has 0 saturated carbocycles. The highest BCUT2D eigenvalue weighted by atomic mass is 32.1. The first-order valence-corrected chi connectivity index (χ1v) is 7.66. The maximum absolute atomic E-state index is 11.9. The second-order valence-electron chi connectivity index (χ2n) is 4.58. The lowest BCUT2D eigenvalue weighted by molar-refractivity contribution is -0.111. The van der Waals surface area contributed by atoms with Crippen molar-refractivity contribution in [1.82, 2.24) is 4.98 Å². The van der Waals surface area contributed by atoms with Crippen LogP contribution >= 0.6 is 11.3 Å². The summed E-state index contributed by atoms with van der Waals surface area (Å²) in [5.41, 5.74) is 1.63. The molecule has 6 nitrogen and oxygen atoms in total. The lowest BCUT2D eigenvalue weighted by atomic mass is 10.1. The van der Waals surface area contributed by atoms with E-state index in [9.17, 15) is 4.79 Å². The standard InChI is InChI=1S/C16H18N2O4S/c1-10-9-23-16(17-10)18-14(19)6-5-11-7-12(20-2)15(22-4)13(8-11)21-3/h5-9H,1-4H3,(H,17,18,19)/b6-5+. The van der Waals surface area contributed by atoms with Gasteiger partial charge in [-0.15, -0.1) is 11.3 Å². The molecule has 0 aliphatic rings. The number of amides is 1. The van der Waals surface area contributed by atoms with Crippen LogP contribution < -0.4 is 19.5 Å². The first-order valence-electron chi connectivity index (χ1n) is 6.78. The Labute approximate surface area is 138 Å². The number of thiazole rings is 1. The fourth-order valence-electron chi connectivity index (χ4n) is 1.93. The van der Waals surface area contributed by atoms with Crippen LogP contribution in [0, 0.1) is 6.92 Å². The zero-order valence-electron chi connectivity index (χ0n) is 13.4. The quantitative estimate of drug-likeness (QED) is 0.822. The van der Waals surface area contributed by atoms with Crippen molar-refractivity contribution in [3.05, 3.63) is 34.8 Å². The number of aromatic nitrogens is 1. The molecular formula is C16H18N2O4S. The summed E-state index contributed by atoms with van der Waals surface area (Å²) >= 11 is 1.38. The van der Waals surface area contributed by atoms with E-state index in [1.165, 1.54) is 17.4 Å². The van der Waals surface area contributed by atoms with Crippen molar-refractivity contribution < 1.29 is 19.0 Å². The first-order chi connectivity index (χ1) is 11.1. The van der Waals surface area contributed by atoms with Gasteiger partial charge in [-0.1, -0.05) is 0 Å². The number of rotatable bonds is 6. The molecule has 1 N–H and O–H groups in total. The molecule has 7 heteroatoms. The Kier molecular flexibility index (Phi) is 5.59. The van der Waals surface area contributed by atoms with E-state index in [2.05, 4.69) is 10.3 Å². The number of benzene rings is 1. The summed E-state index contributed by atoms with van der Waals surface area (Å²) in [4.78, 5) is 16.1. The largest absolute Gasteiger partial charge is 0.493 e. The summed E-state index contributed by atoms with van der Waals surface area (Å²) < 4.78 is 15.8. The van der Waals surface area contributed by atoms with Gasteiger partial charge in [-0.25, -0.2) is 4.98 Å². The van der Waals surface area contributed by atoms with Crippen molar-refractivity contribution in [3.8, 4) is 17.2 Å². The molecule has 0 bridgehead atoms. The summed E-state index contributed by atoms with van der Waals surface area (Å²) in [6.45, 7) is 1.87. The van der Waals surface area contributed by atoms with Crippen molar-refractivity contribution >= 4 is 28.5 Å². The van der Waals surface area contributed by atoms with Crippen LogP contribution in [-0.2, 0) is 4.79 Å². The molecule has 0 aliphatic carbocycles. The van der Waals surface area contributed by atoms with Crippen molar-refractivity contribution in [2.24, 2.45) is 0 Å². The molecule has 1 aromatic carbocycles. The molecule has 2 rings (SSSR count). The molecule has 122 valence electrons. The van der Waals surface area contributed by atoms with Gasteiger partial charge in [0.25, 0.3) is 0 Å². The zero-order chi connectivity index (χ0) is 16.8. The minimum atomic E-state index is -0.256. The molecule has 0 radical (unpaired) electrons. The van der Waals surface area contributed by atoms with Gasteiger partial charge in [-0.3, -0.25) is 10.1 Å². The molecule has 2 aromatic rings. The predicted octanol–water partition coefficient (Wildman–Crippen LogP) is 3.13. The van der Waals surface area contributed by atoms with Gasteiger partial charge in [0.1, 0.15) is 0 Å². The molecule has 1 amide bonds. The van der Waals surface area contributed by atoms with E-state index in [0.29, 0.717) is 22.4 Å². The minimum absolute atomic E-state index is 0.256. The average molecular weight is 334 g/mol. The van der Waals surface area contributed by atoms with Gasteiger partial charge in [-0.05, 0) is 30.7 Å².